The molecule has 2 atom stereocenters. The molecule has 5 nitrogen and oxygen atoms in total. The number of hydrogen-bond donors (Lipinski definition) is 0. The molecule has 0 amide bonds. The Morgan fingerprint density at radius 3 is 2.22 bits per heavy atom. The van der Waals surface area contributed by atoms with Gasteiger partial charge >= 0.3 is 5.97 Å². The number of esters is 1. The van der Waals surface area contributed by atoms with Gasteiger partial charge in [0.1, 0.15) is 12.4 Å². The van der Waals surface area contributed by atoms with E-state index in [4.69, 9.17) is 14.2 Å². The summed E-state index contributed by atoms with van der Waals surface area (Å²) in [4.78, 5) is 14.6. The molecule has 5 rings (SSSR count). The van der Waals surface area contributed by atoms with Crippen molar-refractivity contribution in [3.8, 4) is 16.9 Å². The number of ether oxygens (including phenoxy) is 3. The van der Waals surface area contributed by atoms with Crippen molar-refractivity contribution in [2.45, 2.75) is 64.5 Å². The summed E-state index contributed by atoms with van der Waals surface area (Å²) in [6.07, 6.45) is 5.50. The molecule has 0 saturated heterocycles. The van der Waals surface area contributed by atoms with Gasteiger partial charge < -0.3 is 14.2 Å². The van der Waals surface area contributed by atoms with Crippen LogP contribution in [0.2, 0.25) is 0 Å². The molecule has 1 aliphatic carbocycles. The molecule has 0 aliphatic heterocycles. The van der Waals surface area contributed by atoms with E-state index in [0.29, 0.717) is 19.6 Å². The van der Waals surface area contributed by atoms with Crippen molar-refractivity contribution < 1.29 is 19.0 Å². The summed E-state index contributed by atoms with van der Waals surface area (Å²) in [6, 6.07) is 33.0. The summed E-state index contributed by atoms with van der Waals surface area (Å²) < 4.78 is 16.7. The van der Waals surface area contributed by atoms with Crippen molar-refractivity contribution in [2.75, 3.05) is 33.9 Å². The number of aryl methyl sites for hydroxylation is 3. The number of methoxy groups -OCH3 is 1. The number of fused-ring (bicyclic) bond motifs is 2. The first-order valence-corrected chi connectivity index (χ1v) is 16.4. The van der Waals surface area contributed by atoms with Crippen LogP contribution in [-0.2, 0) is 40.0 Å². The summed E-state index contributed by atoms with van der Waals surface area (Å²) in [7, 11) is 3.75. The molecule has 0 bridgehead atoms. The van der Waals surface area contributed by atoms with Crippen LogP contribution in [0.25, 0.3) is 11.1 Å². The third-order valence-electron chi connectivity index (χ3n) is 8.86. The van der Waals surface area contributed by atoms with Crippen molar-refractivity contribution in [2.24, 2.45) is 0 Å². The zero-order chi connectivity index (χ0) is 31.6. The van der Waals surface area contributed by atoms with E-state index in [1.807, 2.05) is 24.3 Å². The van der Waals surface area contributed by atoms with E-state index in [1.54, 1.807) is 6.92 Å². The van der Waals surface area contributed by atoms with Crippen LogP contribution in [0.15, 0.2) is 91.0 Å². The van der Waals surface area contributed by atoms with Crippen molar-refractivity contribution in [1.82, 2.24) is 4.90 Å². The van der Waals surface area contributed by atoms with Crippen LogP contribution in [0.3, 0.4) is 0 Å². The van der Waals surface area contributed by atoms with Gasteiger partial charge in [0.2, 0.25) is 0 Å². The topological polar surface area (TPSA) is 48.0 Å². The van der Waals surface area contributed by atoms with Crippen LogP contribution in [0.4, 0.5) is 0 Å². The van der Waals surface area contributed by atoms with Gasteiger partial charge in [0.05, 0.1) is 12.6 Å². The van der Waals surface area contributed by atoms with Gasteiger partial charge in [-0.3, -0.25) is 4.90 Å². The second-order valence-corrected chi connectivity index (χ2v) is 12.0. The minimum Gasteiger partial charge on any atom is -0.492 e. The molecule has 0 spiro atoms. The van der Waals surface area contributed by atoms with Gasteiger partial charge in [0.25, 0.3) is 0 Å². The highest BCUT2D eigenvalue weighted by atomic mass is 16.6. The van der Waals surface area contributed by atoms with E-state index in [9.17, 15) is 4.79 Å². The number of rotatable bonds is 14. The van der Waals surface area contributed by atoms with Crippen LogP contribution in [0, 0.1) is 0 Å². The van der Waals surface area contributed by atoms with Crippen LogP contribution in [-0.4, -0.2) is 50.9 Å². The van der Waals surface area contributed by atoms with Crippen LogP contribution in [0.5, 0.6) is 5.75 Å². The fourth-order valence-electron chi connectivity index (χ4n) is 6.36. The highest BCUT2D eigenvalue weighted by Crippen LogP contribution is 2.38. The maximum Gasteiger partial charge on any atom is 0.335 e. The van der Waals surface area contributed by atoms with Crippen molar-refractivity contribution in [1.29, 1.82) is 0 Å². The summed E-state index contributed by atoms with van der Waals surface area (Å²) in [5.41, 5.74) is 10.7. The van der Waals surface area contributed by atoms with Gasteiger partial charge in [-0.1, -0.05) is 92.2 Å². The smallest absolute Gasteiger partial charge is 0.335 e. The number of benzene rings is 4. The standard InChI is InChI=1S/C40H47NO4/c1-5-7-11-29-16-22-36-33(26-29)17-18-34-28-32(31-12-9-8-10-13-31)19-23-37(34)39(36)41(3)24-25-45-35-20-14-30(15-21-35)27-38(43-4)40(42)44-6-2/h8-10,12-16,19-23,26,28,38-39H,5-7,11,17-18,24-25,27H2,1-4H3. The number of carbonyl (C=O) groups is 1. The first-order chi connectivity index (χ1) is 22.0. The maximum atomic E-state index is 12.1. The van der Waals surface area contributed by atoms with Gasteiger partial charge in [-0.15, -0.1) is 0 Å². The number of carbonyl (C=O) groups excluding carboxylic acids is 1. The van der Waals surface area contributed by atoms with E-state index in [1.165, 1.54) is 58.9 Å². The molecule has 0 radical (unpaired) electrons. The summed E-state index contributed by atoms with van der Waals surface area (Å²) >= 11 is 0. The molecule has 4 aromatic carbocycles. The second kappa shape index (κ2) is 15.9. The number of nitrogens with zero attached hydrogens (tertiary/aromatic N) is 1. The Bertz CT molecular complexity index is 1530. The Kier molecular flexibility index (Phi) is 11.5. The predicted molar refractivity (Wildman–Crippen MR) is 182 cm³/mol. The van der Waals surface area contributed by atoms with Crippen LogP contribution >= 0.6 is 0 Å². The Hall–Kier alpha value is -3.93. The Morgan fingerprint density at radius 1 is 0.844 bits per heavy atom. The van der Waals surface area contributed by atoms with Crippen molar-refractivity contribution in [3.05, 3.63) is 124 Å². The van der Waals surface area contributed by atoms with Gasteiger partial charge in [0, 0.05) is 20.1 Å². The molecule has 0 heterocycles. The van der Waals surface area contributed by atoms with E-state index < -0.39 is 6.10 Å². The highest BCUT2D eigenvalue weighted by molar-refractivity contribution is 5.75. The lowest BCUT2D eigenvalue weighted by Gasteiger charge is -2.31. The van der Waals surface area contributed by atoms with E-state index >= 15 is 0 Å². The lowest BCUT2D eigenvalue weighted by atomic mass is 9.90. The Labute approximate surface area is 269 Å². The van der Waals surface area contributed by atoms with Crippen molar-refractivity contribution >= 4 is 5.97 Å². The molecule has 0 N–H and O–H groups in total. The van der Waals surface area contributed by atoms with Gasteiger partial charge in [0.15, 0.2) is 6.10 Å². The number of likely N-dealkylation sites (N-methyl/N-ethyl adjacent to an activating group) is 1. The third-order valence-corrected chi connectivity index (χ3v) is 8.86. The van der Waals surface area contributed by atoms with Gasteiger partial charge in [-0.2, -0.15) is 0 Å². The van der Waals surface area contributed by atoms with Gasteiger partial charge in [-0.25, -0.2) is 4.79 Å². The maximum absolute atomic E-state index is 12.1. The van der Waals surface area contributed by atoms with Crippen molar-refractivity contribution in [3.63, 3.8) is 0 Å². The molecular weight excluding hydrogens is 558 g/mol. The van der Waals surface area contributed by atoms with Gasteiger partial charge in [-0.05, 0) is 96.3 Å². The third kappa shape index (κ3) is 8.22. The van der Waals surface area contributed by atoms with E-state index in [2.05, 4.69) is 85.6 Å². The quantitative estimate of drug-likeness (QED) is 0.136. The summed E-state index contributed by atoms with van der Waals surface area (Å²) in [5, 5.41) is 0. The van der Waals surface area contributed by atoms with Crippen LogP contribution in [0.1, 0.15) is 66.1 Å². The van der Waals surface area contributed by atoms with E-state index in [-0.39, 0.29) is 12.0 Å². The van der Waals surface area contributed by atoms with Crippen LogP contribution < -0.4 is 4.74 Å². The molecular formula is C40H47NO4. The molecule has 2 unspecified atom stereocenters. The Balaban J connectivity index is 1.32. The molecule has 4 aromatic rings. The first-order valence-electron chi connectivity index (χ1n) is 16.4. The summed E-state index contributed by atoms with van der Waals surface area (Å²) in [5.74, 6) is 0.477. The molecule has 1 aliphatic rings. The lowest BCUT2D eigenvalue weighted by molar-refractivity contribution is -0.154. The highest BCUT2D eigenvalue weighted by Gasteiger charge is 2.27. The van der Waals surface area contributed by atoms with E-state index in [0.717, 1.165) is 37.1 Å². The number of hydrogen-bond acceptors (Lipinski definition) is 5. The fraction of sp³-hybridized carbons (Fsp3) is 0.375. The Morgan fingerprint density at radius 2 is 1.53 bits per heavy atom. The fourth-order valence-corrected chi connectivity index (χ4v) is 6.36. The first kappa shape index (κ1) is 32.5. The minimum absolute atomic E-state index is 0.155. The molecule has 0 fully saturated rings. The molecule has 0 saturated carbocycles. The lowest BCUT2D eigenvalue weighted by Crippen LogP contribution is -2.30. The molecule has 5 heteroatoms. The zero-order valence-electron chi connectivity index (χ0n) is 27.3. The minimum atomic E-state index is -0.609. The zero-order valence-corrected chi connectivity index (χ0v) is 27.3. The SMILES string of the molecule is CCCCc1ccc2c(c1)CCc1cc(-c3ccccc3)ccc1C2N(C)CCOc1ccc(CC(OC)C(=O)OCC)cc1. The largest absolute Gasteiger partial charge is 0.492 e. The summed E-state index contributed by atoms with van der Waals surface area (Å²) in [6.45, 7) is 5.74. The number of unbranched alkanes of at least 4 members (excludes halogenated alkanes) is 1. The molecule has 236 valence electrons. The molecule has 0 aromatic heterocycles. The monoisotopic (exact) mass is 605 g/mol. The predicted octanol–water partition coefficient (Wildman–Crippen LogP) is 8.02. The molecule has 45 heavy (non-hydrogen) atoms. The normalized spacial score (nSPS) is 14.7. The average Bonchev–Trinajstić information content (AvgIpc) is 3.23. The second-order valence-electron chi connectivity index (χ2n) is 12.0. The average molecular weight is 606 g/mol.